The number of aliphatic hydroxyl groups is 3. The molecule has 1 aliphatic heterocycles. The second-order valence-electron chi connectivity index (χ2n) is 24.1. The van der Waals surface area contributed by atoms with Crippen molar-refractivity contribution < 1.29 is 34.0 Å². The fourth-order valence-corrected chi connectivity index (χ4v) is 22.1. The Morgan fingerprint density at radius 2 is 1.17 bits per heavy atom. The van der Waals surface area contributed by atoms with Crippen molar-refractivity contribution in [3.8, 4) is 0 Å². The van der Waals surface area contributed by atoms with Crippen LogP contribution in [0.1, 0.15) is 106 Å². The van der Waals surface area contributed by atoms with Gasteiger partial charge < -0.3 is 29.2 Å². The largest absolute Gasteiger partial charge is 0.455 e. The molecule has 9 rings (SSSR count). The predicted octanol–water partition coefficient (Wildman–Crippen LogP) is 9.27. The van der Waals surface area contributed by atoms with Crippen LogP contribution in [0.2, 0.25) is 10.1 Å². The van der Waals surface area contributed by atoms with Crippen molar-refractivity contribution in [1.82, 2.24) is 0 Å². The van der Waals surface area contributed by atoms with E-state index in [2.05, 4.69) is 158 Å². The van der Waals surface area contributed by atoms with Crippen LogP contribution in [0, 0.1) is 28.1 Å². The summed E-state index contributed by atoms with van der Waals surface area (Å²) in [5, 5.41) is 44.5. The van der Waals surface area contributed by atoms with Gasteiger partial charge in [-0.2, -0.15) is 0 Å². The summed E-state index contributed by atoms with van der Waals surface area (Å²) >= 11 is 0. The summed E-state index contributed by atoms with van der Waals surface area (Å²) in [5.41, 5.74) is -2.58. The van der Waals surface area contributed by atoms with E-state index in [0.29, 0.717) is 35.6 Å². The van der Waals surface area contributed by atoms with Gasteiger partial charge in [-0.1, -0.05) is 232 Å². The minimum atomic E-state index is -3.23. The van der Waals surface area contributed by atoms with Gasteiger partial charge in [0.25, 0.3) is 8.32 Å². The number of hydrogen-bond acceptors (Lipinski definition) is 7. The van der Waals surface area contributed by atoms with Crippen LogP contribution in [0.5, 0.6) is 0 Å². The third kappa shape index (κ3) is 8.65. The van der Waals surface area contributed by atoms with Gasteiger partial charge in [-0.3, -0.25) is 0 Å². The Morgan fingerprint density at radius 1 is 0.714 bits per heavy atom. The van der Waals surface area contributed by atoms with E-state index in [1.807, 2.05) is 52.8 Å². The first-order chi connectivity index (χ1) is 32.9. The third-order valence-corrected chi connectivity index (χ3v) is 26.4. The molecule has 0 spiro atoms. The number of carbonyl (C=O) groups excluding carboxylic acids is 1. The molecule has 3 fully saturated rings. The Kier molecular flexibility index (Phi) is 14.2. The van der Waals surface area contributed by atoms with Crippen LogP contribution in [0.4, 0.5) is 0 Å². The maximum absolute atomic E-state index is 14.3. The highest BCUT2D eigenvalue weighted by Gasteiger charge is 2.75. The van der Waals surface area contributed by atoms with Gasteiger partial charge in [0.1, 0.15) is 26.6 Å². The molecule has 1 heterocycles. The Bertz CT molecular complexity index is 2530. The van der Waals surface area contributed by atoms with E-state index < -0.39 is 75.3 Å². The molecule has 4 aliphatic rings. The van der Waals surface area contributed by atoms with Crippen LogP contribution in [-0.2, 0) is 13.9 Å². The van der Waals surface area contributed by atoms with Gasteiger partial charge in [0.15, 0.2) is 0 Å². The second kappa shape index (κ2) is 19.2. The minimum absolute atomic E-state index is 0.138. The van der Waals surface area contributed by atoms with Gasteiger partial charge in [-0.15, -0.1) is 0 Å². The molecule has 10 atom stereocenters. The van der Waals surface area contributed by atoms with E-state index in [9.17, 15) is 20.1 Å². The van der Waals surface area contributed by atoms with E-state index in [0.717, 1.165) is 15.9 Å². The third-order valence-electron chi connectivity index (χ3n) is 17.5. The highest BCUT2D eigenvalue weighted by Crippen LogP contribution is 2.67. The number of rotatable bonds is 8. The average Bonchev–Trinajstić information content (AvgIpc) is 3.32. The average molecular weight is 979 g/mol. The van der Waals surface area contributed by atoms with Gasteiger partial charge in [0, 0.05) is 22.2 Å². The highest BCUT2D eigenvalue weighted by atomic mass is 28.4. The van der Waals surface area contributed by atoms with E-state index in [1.165, 1.54) is 10.4 Å². The minimum Gasteiger partial charge on any atom is -0.455 e. The second-order valence-corrected chi connectivity index (χ2v) is 32.3. The van der Waals surface area contributed by atoms with Crippen molar-refractivity contribution >= 4 is 43.8 Å². The fraction of sp³-hybridized carbons (Fsp3) is 0.459. The maximum Gasteiger partial charge on any atom is 0.338 e. The molecule has 2 bridgehead atoms. The smallest absolute Gasteiger partial charge is 0.338 e. The molecule has 0 aromatic heterocycles. The Morgan fingerprint density at radius 3 is 1.60 bits per heavy atom. The molecule has 7 nitrogen and oxygen atoms in total. The Balaban J connectivity index is 0.000000326. The number of allylic oxidation sites excluding steroid dienone is 1. The van der Waals surface area contributed by atoms with Crippen molar-refractivity contribution in [2.45, 2.75) is 142 Å². The summed E-state index contributed by atoms with van der Waals surface area (Å²) in [4.78, 5) is 14.3. The van der Waals surface area contributed by atoms with E-state index in [1.54, 1.807) is 24.3 Å². The zero-order valence-electron chi connectivity index (χ0n) is 43.6. The summed E-state index contributed by atoms with van der Waals surface area (Å²) in [6.45, 7) is 26.2. The van der Waals surface area contributed by atoms with Crippen molar-refractivity contribution in [1.29, 1.82) is 0 Å². The zero-order chi connectivity index (χ0) is 50.7. The fourth-order valence-electron chi connectivity index (χ4n) is 13.7. The molecule has 372 valence electrons. The number of ether oxygens (including phenoxy) is 2. The molecular weight excluding hydrogens is 901 g/mol. The molecular formula is C61H78O7Si2. The molecule has 3 N–H and O–H groups in total. The van der Waals surface area contributed by atoms with Crippen LogP contribution in [-0.4, -0.2) is 81.1 Å². The van der Waals surface area contributed by atoms with Crippen LogP contribution >= 0.6 is 0 Å². The monoisotopic (exact) mass is 979 g/mol. The number of fused-ring (bicyclic) bond motifs is 5. The van der Waals surface area contributed by atoms with Gasteiger partial charge in [0.2, 0.25) is 0 Å². The lowest BCUT2D eigenvalue weighted by Crippen LogP contribution is -2.80. The summed E-state index contributed by atoms with van der Waals surface area (Å²) in [6, 6.07) is 51.7. The Hall–Kier alpha value is -4.46. The number of hydrogen-bond donors (Lipinski definition) is 3. The summed E-state index contributed by atoms with van der Waals surface area (Å²) in [6.07, 6.45) is -3.88. The van der Waals surface area contributed by atoms with Gasteiger partial charge in [-0.05, 0) is 63.8 Å². The Labute approximate surface area is 421 Å². The molecule has 0 unspecified atom stereocenters. The van der Waals surface area contributed by atoms with Crippen molar-refractivity contribution in [2.24, 2.45) is 28.1 Å². The highest BCUT2D eigenvalue weighted by molar-refractivity contribution is 6.99. The molecule has 0 amide bonds. The molecule has 70 heavy (non-hydrogen) atoms. The normalized spacial score (nSPS) is 30.6. The summed E-state index contributed by atoms with van der Waals surface area (Å²) < 4.78 is 21.1. The lowest BCUT2D eigenvalue weighted by atomic mass is 9.42. The molecule has 5 aromatic rings. The first kappa shape index (κ1) is 51.9. The molecule has 3 aliphatic carbocycles. The summed E-state index contributed by atoms with van der Waals surface area (Å²) in [5.74, 6) is -1.34. The number of benzene rings is 5. The standard InChI is InChI=1S/C45H58O7Si.C16H20Si/c1-28-26-45(49)39(51-40(48)30-19-13-10-14-20-30)37-43(8)27-50-33(43)25-34(44(37,9)38(47)36(46)35(29(28)2)42(45,6)7)52-53(41(3,4)5,31-21-15-11-16-22-31)32-23-17-12-18-24-32;1-16(2,3)17(14-10-6-4-7-11-14)15-12-8-5-9-13-15/h10-24,28,33-34,36-39,46-47,49H,25-27H2,1-9H3;4-13,17H,1-3H3/t28-,33+,34-,36+,37+,38-,39-,43+,44+,45+;/m0./s1. The predicted molar refractivity (Wildman–Crippen MR) is 288 cm³/mol. The van der Waals surface area contributed by atoms with E-state index in [4.69, 9.17) is 13.9 Å². The molecule has 2 saturated carbocycles. The van der Waals surface area contributed by atoms with Crippen LogP contribution in [0.15, 0.2) is 163 Å². The van der Waals surface area contributed by atoms with Crippen molar-refractivity contribution in [3.63, 3.8) is 0 Å². The first-order valence-corrected chi connectivity index (χ1v) is 29.1. The quantitative estimate of drug-likeness (QED) is 0.0810. The lowest BCUT2D eigenvalue weighted by Gasteiger charge is -2.70. The van der Waals surface area contributed by atoms with Gasteiger partial charge >= 0.3 is 5.97 Å². The zero-order valence-corrected chi connectivity index (χ0v) is 45.8. The van der Waals surface area contributed by atoms with Crippen LogP contribution < -0.4 is 20.7 Å². The van der Waals surface area contributed by atoms with E-state index in [-0.39, 0.29) is 17.1 Å². The lowest BCUT2D eigenvalue weighted by molar-refractivity contribution is -0.335. The molecule has 9 heteroatoms. The van der Waals surface area contributed by atoms with Crippen LogP contribution in [0.25, 0.3) is 0 Å². The SMILES string of the molecule is CC(C)(C)[SiH](c1ccccc1)c1ccccc1.CC1=C2[C@@H](O)[C@H](O)[C@]3(C)[C@@H](O[Si](c4ccccc4)(c4ccccc4)C(C)(C)C)C[C@H]4OC[C@@]4(C)[C@H]3[C@H](OC(=O)c3ccccc3)[C@](O)(C[C@@H]1C)C2(C)C. The van der Waals surface area contributed by atoms with Crippen LogP contribution in [0.3, 0.4) is 0 Å². The molecule has 5 aromatic carbocycles. The number of carbonyl (C=O) groups is 1. The van der Waals surface area contributed by atoms with E-state index >= 15 is 0 Å². The topological polar surface area (TPSA) is 105 Å². The van der Waals surface area contributed by atoms with Gasteiger partial charge in [0.05, 0.1) is 30.5 Å². The van der Waals surface area contributed by atoms with Gasteiger partial charge in [-0.25, -0.2) is 4.79 Å². The molecule has 0 radical (unpaired) electrons. The number of esters is 1. The summed E-state index contributed by atoms with van der Waals surface area (Å²) in [7, 11) is -4.37. The first-order valence-electron chi connectivity index (χ1n) is 25.5. The van der Waals surface area contributed by atoms with Crippen molar-refractivity contribution in [3.05, 3.63) is 168 Å². The van der Waals surface area contributed by atoms with Crippen molar-refractivity contribution in [2.75, 3.05) is 6.61 Å². The molecule has 1 saturated heterocycles. The number of aliphatic hydroxyl groups excluding tert-OH is 2. The maximum atomic E-state index is 14.3.